The predicted molar refractivity (Wildman–Crippen MR) is 138 cm³/mol. The van der Waals surface area contributed by atoms with Crippen LogP contribution in [-0.2, 0) is 27.1 Å². The van der Waals surface area contributed by atoms with E-state index in [-0.39, 0.29) is 31.4 Å². The molecule has 0 aliphatic heterocycles. The molecule has 1 atom stereocenters. The number of H-pyrrole nitrogens is 1. The molecule has 0 radical (unpaired) electrons. The molecule has 0 aliphatic carbocycles. The molecule has 0 spiro atoms. The summed E-state index contributed by atoms with van der Waals surface area (Å²) in [6, 6.07) is 18.5. The Morgan fingerprint density at radius 2 is 1.58 bits per heavy atom. The Labute approximate surface area is 210 Å². The van der Waals surface area contributed by atoms with Gasteiger partial charge in [0.2, 0.25) is 10.0 Å². The number of sulfonamides is 1. The minimum absolute atomic E-state index is 0.0863. The van der Waals surface area contributed by atoms with Crippen LogP contribution in [0.1, 0.15) is 37.8 Å². The van der Waals surface area contributed by atoms with E-state index in [1.165, 1.54) is 16.8 Å². The van der Waals surface area contributed by atoms with Crippen LogP contribution in [0.3, 0.4) is 0 Å². The van der Waals surface area contributed by atoms with Crippen LogP contribution in [0.15, 0.2) is 82.5 Å². The van der Waals surface area contributed by atoms with Crippen LogP contribution >= 0.6 is 0 Å². The zero-order valence-electron chi connectivity index (χ0n) is 20.5. The van der Waals surface area contributed by atoms with Crippen molar-refractivity contribution in [2.45, 2.75) is 45.1 Å². The van der Waals surface area contributed by atoms with Crippen LogP contribution in [-0.4, -0.2) is 41.5 Å². The summed E-state index contributed by atoms with van der Waals surface area (Å²) in [4.78, 5) is 25.0. The minimum atomic E-state index is -3.79. The average Bonchev–Trinajstić information content (AvgIpc) is 2.84. The minimum Gasteiger partial charge on any atom is -0.379 e. The number of hydrogen-bond donors (Lipinski definition) is 3. The van der Waals surface area contributed by atoms with Gasteiger partial charge in [0.1, 0.15) is 12.3 Å². The second-order valence-corrected chi connectivity index (χ2v) is 11.0. The third kappa shape index (κ3) is 7.23. The van der Waals surface area contributed by atoms with Crippen LogP contribution in [0.25, 0.3) is 0 Å². The summed E-state index contributed by atoms with van der Waals surface area (Å²) in [5, 5.41) is 12.1. The normalized spacial score (nSPS) is 13.1. The first kappa shape index (κ1) is 27.5. The van der Waals surface area contributed by atoms with Gasteiger partial charge in [-0.3, -0.25) is 14.3 Å². The van der Waals surface area contributed by atoms with Crippen molar-refractivity contribution in [1.29, 1.82) is 0 Å². The second kappa shape index (κ2) is 12.3. The van der Waals surface area contributed by atoms with Gasteiger partial charge in [-0.25, -0.2) is 17.9 Å². The first-order valence-electron chi connectivity index (χ1n) is 11.8. The van der Waals surface area contributed by atoms with Crippen molar-refractivity contribution in [3.8, 4) is 0 Å². The molecule has 0 unspecified atom stereocenters. The smallest absolute Gasteiger partial charge is 0.330 e. The third-order valence-corrected chi connectivity index (χ3v) is 7.26. The first-order chi connectivity index (χ1) is 17.1. The number of benzene rings is 2. The molecule has 9 nitrogen and oxygen atoms in total. The number of ether oxygens (including phenoxy) is 1. The summed E-state index contributed by atoms with van der Waals surface area (Å²) >= 11 is 0. The lowest BCUT2D eigenvalue weighted by molar-refractivity contribution is 0.0377. The first-order valence-corrected chi connectivity index (χ1v) is 13.5. The standard InChI is InChI=1S/C26H33N3O6S/c1-20(2)18-23(26(32,21-10-5-3-6-11-21)22-12-7-4-8-13-22)28-36(33,34)17-9-16-35-19-29-15-14-24(30)27-25(29)31/h3-8,10-15,20,23,28,32H,9,16-19H2,1-2H3,(H,27,30,31)/t23-/m1/s1. The zero-order valence-corrected chi connectivity index (χ0v) is 21.3. The van der Waals surface area contributed by atoms with Gasteiger partial charge in [0, 0.05) is 18.9 Å². The lowest BCUT2D eigenvalue weighted by Gasteiger charge is -2.38. The van der Waals surface area contributed by atoms with E-state index in [2.05, 4.69) is 9.71 Å². The molecule has 0 saturated heterocycles. The Morgan fingerprint density at radius 3 is 2.11 bits per heavy atom. The number of aromatic nitrogens is 2. The van der Waals surface area contributed by atoms with Crippen molar-refractivity contribution in [2.75, 3.05) is 12.4 Å². The van der Waals surface area contributed by atoms with E-state index in [4.69, 9.17) is 4.74 Å². The van der Waals surface area contributed by atoms with E-state index in [0.717, 1.165) is 0 Å². The van der Waals surface area contributed by atoms with Crippen LogP contribution in [0, 0.1) is 5.92 Å². The Bertz CT molecular complexity index is 1280. The van der Waals surface area contributed by atoms with Crippen LogP contribution in [0.5, 0.6) is 0 Å². The number of hydrogen-bond acceptors (Lipinski definition) is 6. The topological polar surface area (TPSA) is 130 Å². The van der Waals surface area contributed by atoms with Crippen LogP contribution < -0.4 is 16.0 Å². The molecule has 0 amide bonds. The molecule has 1 heterocycles. The van der Waals surface area contributed by atoms with E-state index in [1.54, 1.807) is 24.3 Å². The molecule has 2 aromatic carbocycles. The molecule has 0 fully saturated rings. The van der Waals surface area contributed by atoms with Crippen molar-refractivity contribution in [3.63, 3.8) is 0 Å². The van der Waals surface area contributed by atoms with Gasteiger partial charge in [-0.2, -0.15) is 0 Å². The van der Waals surface area contributed by atoms with Crippen molar-refractivity contribution >= 4 is 10.0 Å². The van der Waals surface area contributed by atoms with Gasteiger partial charge in [0.15, 0.2) is 0 Å². The van der Waals surface area contributed by atoms with Gasteiger partial charge in [0.25, 0.3) is 5.56 Å². The predicted octanol–water partition coefficient (Wildman–Crippen LogP) is 2.17. The fraction of sp³-hybridized carbons (Fsp3) is 0.385. The van der Waals surface area contributed by atoms with Crippen LogP contribution in [0.4, 0.5) is 0 Å². The summed E-state index contributed by atoms with van der Waals surface area (Å²) < 4.78 is 35.5. The highest BCUT2D eigenvalue weighted by molar-refractivity contribution is 7.89. The molecule has 194 valence electrons. The summed E-state index contributed by atoms with van der Waals surface area (Å²) in [6.07, 6.45) is 1.89. The number of rotatable bonds is 13. The highest BCUT2D eigenvalue weighted by Gasteiger charge is 2.42. The number of aliphatic hydroxyl groups is 1. The SMILES string of the molecule is CC(C)C[C@@H](NS(=O)(=O)CCCOCn1ccc(=O)[nH]c1=O)C(O)(c1ccccc1)c1ccccc1. The van der Waals surface area contributed by atoms with Gasteiger partial charge in [-0.15, -0.1) is 0 Å². The summed E-state index contributed by atoms with van der Waals surface area (Å²) in [5.74, 6) is -0.113. The van der Waals surface area contributed by atoms with Gasteiger partial charge < -0.3 is 9.84 Å². The molecule has 0 bridgehead atoms. The summed E-state index contributed by atoms with van der Waals surface area (Å²) in [6.45, 7) is 3.93. The number of aromatic amines is 1. The summed E-state index contributed by atoms with van der Waals surface area (Å²) in [5.41, 5.74) is -1.50. The maximum atomic E-state index is 13.1. The van der Waals surface area contributed by atoms with E-state index in [1.807, 2.05) is 50.2 Å². The molecule has 0 saturated carbocycles. The lowest BCUT2D eigenvalue weighted by Crippen LogP contribution is -2.52. The summed E-state index contributed by atoms with van der Waals surface area (Å²) in [7, 11) is -3.79. The van der Waals surface area contributed by atoms with Crippen molar-refractivity contribution in [1.82, 2.24) is 14.3 Å². The maximum Gasteiger partial charge on any atom is 0.330 e. The van der Waals surface area contributed by atoms with Crippen molar-refractivity contribution in [3.05, 3.63) is 105 Å². The zero-order chi connectivity index (χ0) is 26.2. The van der Waals surface area contributed by atoms with E-state index < -0.39 is 32.9 Å². The Hall–Kier alpha value is -3.05. The van der Waals surface area contributed by atoms with E-state index >= 15 is 0 Å². The highest BCUT2D eigenvalue weighted by atomic mass is 32.2. The molecular weight excluding hydrogens is 482 g/mol. The van der Waals surface area contributed by atoms with Crippen LogP contribution in [0.2, 0.25) is 0 Å². The fourth-order valence-electron chi connectivity index (χ4n) is 4.06. The molecule has 3 aromatic rings. The van der Waals surface area contributed by atoms with Gasteiger partial charge in [-0.1, -0.05) is 74.5 Å². The van der Waals surface area contributed by atoms with Gasteiger partial charge >= 0.3 is 5.69 Å². The molecule has 3 rings (SSSR count). The van der Waals surface area contributed by atoms with Crippen molar-refractivity contribution in [2.24, 2.45) is 5.92 Å². The highest BCUT2D eigenvalue weighted by Crippen LogP contribution is 2.36. The largest absolute Gasteiger partial charge is 0.379 e. The fourth-order valence-corrected chi connectivity index (χ4v) is 5.38. The van der Waals surface area contributed by atoms with E-state index in [0.29, 0.717) is 17.5 Å². The second-order valence-electron chi connectivity index (χ2n) is 9.09. The molecule has 1 aromatic heterocycles. The number of nitrogens with zero attached hydrogens (tertiary/aromatic N) is 1. The molecular formula is C26H33N3O6S. The quantitative estimate of drug-likeness (QED) is 0.299. The monoisotopic (exact) mass is 515 g/mol. The Morgan fingerprint density at radius 1 is 1.00 bits per heavy atom. The maximum absolute atomic E-state index is 13.1. The molecule has 36 heavy (non-hydrogen) atoms. The van der Waals surface area contributed by atoms with Crippen molar-refractivity contribution < 1.29 is 18.3 Å². The van der Waals surface area contributed by atoms with Gasteiger partial charge in [-0.05, 0) is 29.9 Å². The Kier molecular flexibility index (Phi) is 9.38. The molecule has 10 heteroatoms. The Balaban J connectivity index is 1.73. The molecule has 0 aliphatic rings. The average molecular weight is 516 g/mol. The third-order valence-electron chi connectivity index (χ3n) is 5.79. The molecule has 3 N–H and O–H groups in total. The van der Waals surface area contributed by atoms with Gasteiger partial charge in [0.05, 0.1) is 11.8 Å². The van der Waals surface area contributed by atoms with E-state index in [9.17, 15) is 23.1 Å². The lowest BCUT2D eigenvalue weighted by atomic mass is 9.77. The number of nitrogens with one attached hydrogen (secondary N) is 2.